The lowest BCUT2D eigenvalue weighted by Gasteiger charge is -2.23. The minimum atomic E-state index is 0.636. The summed E-state index contributed by atoms with van der Waals surface area (Å²) < 4.78 is 4.17. The Bertz CT molecular complexity index is 927. The maximum absolute atomic E-state index is 5.55. The third-order valence-corrected chi connectivity index (χ3v) is 4.93. The van der Waals surface area contributed by atoms with E-state index in [-0.39, 0.29) is 0 Å². The number of para-hydroxylation sites is 1. The van der Waals surface area contributed by atoms with Crippen LogP contribution in [0.5, 0.6) is 0 Å². The number of quaternary nitrogens is 1. The first-order valence-corrected chi connectivity index (χ1v) is 8.88. The largest absolute Gasteiger partial charge is 0.313 e. The van der Waals surface area contributed by atoms with Crippen molar-refractivity contribution < 1.29 is 4.90 Å². The molecular weight excluding hydrogens is 330 g/mol. The van der Waals surface area contributed by atoms with E-state index in [1.165, 1.54) is 16.0 Å². The fourth-order valence-electron chi connectivity index (χ4n) is 3.16. The van der Waals surface area contributed by atoms with Gasteiger partial charge >= 0.3 is 0 Å². The molecule has 4 rings (SSSR count). The summed E-state index contributed by atoms with van der Waals surface area (Å²) in [6.45, 7) is 2.79. The van der Waals surface area contributed by atoms with Gasteiger partial charge in [-0.2, -0.15) is 9.36 Å². The molecule has 1 aliphatic rings. The van der Waals surface area contributed by atoms with E-state index in [1.54, 1.807) is 4.68 Å². The molecule has 1 aromatic heterocycles. The van der Waals surface area contributed by atoms with E-state index < -0.39 is 0 Å². The SMILES string of the molecule is S=c1n(C[NH+]2CC=C(c3ccccc3)CC2)nnn1-c1ccccc1. The number of nitrogens with zero attached hydrogens (tertiary/aromatic N) is 4. The summed E-state index contributed by atoms with van der Waals surface area (Å²) in [5.41, 5.74) is 3.70. The molecule has 0 bridgehead atoms. The first-order chi connectivity index (χ1) is 12.3. The Balaban J connectivity index is 1.47. The molecule has 25 heavy (non-hydrogen) atoms. The molecule has 1 atom stereocenters. The van der Waals surface area contributed by atoms with Crippen molar-refractivity contribution in [2.75, 3.05) is 13.1 Å². The second kappa shape index (κ2) is 7.13. The summed E-state index contributed by atoms with van der Waals surface area (Å²) in [6.07, 6.45) is 3.40. The predicted octanol–water partition coefficient (Wildman–Crippen LogP) is 2.13. The third kappa shape index (κ3) is 3.45. The second-order valence-electron chi connectivity index (χ2n) is 6.22. The second-order valence-corrected chi connectivity index (χ2v) is 6.58. The summed E-state index contributed by atoms with van der Waals surface area (Å²) in [5.74, 6) is 0. The lowest BCUT2D eigenvalue weighted by atomic mass is 10.00. The monoisotopic (exact) mass is 350 g/mol. The molecule has 0 fully saturated rings. The Morgan fingerprint density at radius 1 is 0.960 bits per heavy atom. The van der Waals surface area contributed by atoms with Gasteiger partial charge in [0.15, 0.2) is 6.67 Å². The zero-order valence-electron chi connectivity index (χ0n) is 13.9. The van der Waals surface area contributed by atoms with E-state index in [0.717, 1.165) is 31.9 Å². The van der Waals surface area contributed by atoms with Crippen molar-refractivity contribution in [2.24, 2.45) is 0 Å². The van der Waals surface area contributed by atoms with Crippen molar-refractivity contribution in [3.8, 4) is 5.69 Å². The number of nitrogens with one attached hydrogen (secondary N) is 1. The van der Waals surface area contributed by atoms with Gasteiger partial charge in [-0.3, -0.25) is 0 Å². The molecular formula is C19H20N5S+. The van der Waals surface area contributed by atoms with Crippen LogP contribution in [0.4, 0.5) is 0 Å². The fraction of sp³-hybridized carbons (Fsp3) is 0.211. The van der Waals surface area contributed by atoms with Crippen molar-refractivity contribution in [1.29, 1.82) is 0 Å². The first kappa shape index (κ1) is 15.9. The molecule has 0 saturated heterocycles. The van der Waals surface area contributed by atoms with Crippen LogP contribution in [0.1, 0.15) is 12.0 Å². The van der Waals surface area contributed by atoms with Crippen LogP contribution < -0.4 is 4.90 Å². The standard InChI is InChI=1S/C19H19N5S/c25-19-23(20-21-24(19)18-9-5-2-6-10-18)15-22-13-11-17(12-14-22)16-7-3-1-4-8-16/h1-11H,12-15H2/p+1. The van der Waals surface area contributed by atoms with Crippen molar-refractivity contribution >= 4 is 17.8 Å². The molecule has 2 aromatic carbocycles. The van der Waals surface area contributed by atoms with Gasteiger partial charge in [0.2, 0.25) is 4.77 Å². The molecule has 5 nitrogen and oxygen atoms in total. The van der Waals surface area contributed by atoms with Crippen LogP contribution in [0.3, 0.4) is 0 Å². The summed E-state index contributed by atoms with van der Waals surface area (Å²) in [7, 11) is 0. The van der Waals surface area contributed by atoms with E-state index in [2.05, 4.69) is 46.8 Å². The highest BCUT2D eigenvalue weighted by Gasteiger charge is 2.17. The van der Waals surface area contributed by atoms with Crippen molar-refractivity contribution in [1.82, 2.24) is 19.8 Å². The van der Waals surface area contributed by atoms with Crippen LogP contribution in [0.25, 0.3) is 11.3 Å². The minimum absolute atomic E-state index is 0.636. The molecule has 3 aromatic rings. The lowest BCUT2D eigenvalue weighted by Crippen LogP contribution is -3.11. The Labute approximate surface area is 151 Å². The molecule has 0 saturated carbocycles. The van der Waals surface area contributed by atoms with E-state index in [0.29, 0.717) is 4.77 Å². The van der Waals surface area contributed by atoms with Gasteiger partial charge in [0.05, 0.1) is 18.8 Å². The Hall–Kier alpha value is -2.57. The average molecular weight is 350 g/mol. The number of benzene rings is 2. The van der Waals surface area contributed by atoms with E-state index >= 15 is 0 Å². The van der Waals surface area contributed by atoms with Crippen LogP contribution in [0.15, 0.2) is 66.7 Å². The topological polar surface area (TPSA) is 40.1 Å². The number of hydrogen-bond acceptors (Lipinski definition) is 3. The highest BCUT2D eigenvalue weighted by molar-refractivity contribution is 7.71. The lowest BCUT2D eigenvalue weighted by molar-refractivity contribution is -0.918. The summed E-state index contributed by atoms with van der Waals surface area (Å²) >= 11 is 5.55. The van der Waals surface area contributed by atoms with Gasteiger partial charge in [-0.05, 0) is 52.0 Å². The Morgan fingerprint density at radius 2 is 1.68 bits per heavy atom. The highest BCUT2D eigenvalue weighted by atomic mass is 32.1. The number of hydrogen-bond donors (Lipinski definition) is 1. The minimum Gasteiger partial charge on any atom is -0.313 e. The average Bonchev–Trinajstić information content (AvgIpc) is 3.04. The van der Waals surface area contributed by atoms with Gasteiger partial charge in [0.25, 0.3) is 0 Å². The smallest absolute Gasteiger partial charge is 0.225 e. The summed E-state index contributed by atoms with van der Waals surface area (Å²) in [6, 6.07) is 20.5. The zero-order chi connectivity index (χ0) is 17.1. The number of aromatic nitrogens is 4. The Morgan fingerprint density at radius 3 is 2.36 bits per heavy atom. The molecule has 0 amide bonds. The third-order valence-electron chi connectivity index (χ3n) is 4.54. The predicted molar refractivity (Wildman–Crippen MR) is 99.9 cm³/mol. The zero-order valence-corrected chi connectivity index (χ0v) is 14.7. The molecule has 0 radical (unpaired) electrons. The highest BCUT2D eigenvalue weighted by Crippen LogP contribution is 2.17. The number of tetrazole rings is 1. The van der Waals surface area contributed by atoms with Gasteiger partial charge < -0.3 is 4.90 Å². The van der Waals surface area contributed by atoms with Gasteiger partial charge in [0.1, 0.15) is 0 Å². The fourth-order valence-corrected chi connectivity index (χ4v) is 3.40. The van der Waals surface area contributed by atoms with Gasteiger partial charge in [-0.1, -0.05) is 48.5 Å². The number of rotatable bonds is 4. The van der Waals surface area contributed by atoms with Crippen molar-refractivity contribution in [3.63, 3.8) is 0 Å². The van der Waals surface area contributed by atoms with E-state index in [1.807, 2.05) is 35.0 Å². The molecule has 126 valence electrons. The molecule has 0 spiro atoms. The maximum Gasteiger partial charge on any atom is 0.225 e. The van der Waals surface area contributed by atoms with Crippen LogP contribution in [-0.2, 0) is 6.67 Å². The quantitative estimate of drug-likeness (QED) is 0.733. The van der Waals surface area contributed by atoms with Gasteiger partial charge in [-0.25, -0.2) is 0 Å². The van der Waals surface area contributed by atoms with Gasteiger partial charge in [0, 0.05) is 6.42 Å². The molecule has 6 heteroatoms. The normalized spacial score (nSPS) is 17.3. The molecule has 1 N–H and O–H groups in total. The van der Waals surface area contributed by atoms with Crippen LogP contribution in [0.2, 0.25) is 0 Å². The molecule has 0 aliphatic carbocycles. The van der Waals surface area contributed by atoms with Crippen molar-refractivity contribution in [2.45, 2.75) is 13.1 Å². The molecule has 1 aliphatic heterocycles. The molecule has 1 unspecified atom stereocenters. The van der Waals surface area contributed by atoms with Crippen LogP contribution in [0, 0.1) is 4.77 Å². The van der Waals surface area contributed by atoms with Gasteiger partial charge in [-0.15, -0.1) is 0 Å². The molecule has 2 heterocycles. The van der Waals surface area contributed by atoms with E-state index in [9.17, 15) is 0 Å². The Kier molecular flexibility index (Phi) is 4.54. The summed E-state index contributed by atoms with van der Waals surface area (Å²) in [5, 5.41) is 8.46. The summed E-state index contributed by atoms with van der Waals surface area (Å²) in [4.78, 5) is 1.44. The first-order valence-electron chi connectivity index (χ1n) is 8.47. The van der Waals surface area contributed by atoms with Crippen LogP contribution in [-0.4, -0.2) is 32.9 Å². The maximum atomic E-state index is 5.55. The van der Waals surface area contributed by atoms with Crippen molar-refractivity contribution in [3.05, 3.63) is 77.1 Å². The van der Waals surface area contributed by atoms with Crippen LogP contribution >= 0.6 is 12.2 Å². The van der Waals surface area contributed by atoms with E-state index in [4.69, 9.17) is 12.2 Å².